The summed E-state index contributed by atoms with van der Waals surface area (Å²) in [5.41, 5.74) is 0.672. The lowest BCUT2D eigenvalue weighted by molar-refractivity contribution is 0.449. The number of aryl methyl sites for hydroxylation is 1. The van der Waals surface area contributed by atoms with Crippen LogP contribution >= 0.6 is 11.6 Å². The van der Waals surface area contributed by atoms with Crippen LogP contribution < -0.4 is 10.6 Å². The van der Waals surface area contributed by atoms with Gasteiger partial charge in [0.05, 0.1) is 10.7 Å². The predicted octanol–water partition coefficient (Wildman–Crippen LogP) is 5.48. The van der Waals surface area contributed by atoms with Crippen molar-refractivity contribution in [2.75, 3.05) is 10.6 Å². The summed E-state index contributed by atoms with van der Waals surface area (Å²) in [5, 5.41) is 5.32. The molecule has 0 aliphatic carbocycles. The Morgan fingerprint density at radius 3 is 2.31 bits per heavy atom. The molecule has 0 spiro atoms. The third-order valence-electron chi connectivity index (χ3n) is 3.33. The number of rotatable bonds is 4. The van der Waals surface area contributed by atoms with Crippen molar-refractivity contribution in [1.29, 1.82) is 0 Å². The van der Waals surface area contributed by atoms with Gasteiger partial charge in [0.25, 0.3) is 0 Å². The summed E-state index contributed by atoms with van der Waals surface area (Å²) in [5.74, 6) is -4.53. The van der Waals surface area contributed by atoms with Crippen molar-refractivity contribution in [3.8, 4) is 0 Å². The molecule has 0 radical (unpaired) electrons. The summed E-state index contributed by atoms with van der Waals surface area (Å²) in [7, 11) is 0. The maximum atomic E-state index is 13.8. The van der Waals surface area contributed by atoms with Gasteiger partial charge in [-0.05, 0) is 37.3 Å². The minimum absolute atomic E-state index is 0.0788. The molecule has 9 heteroatoms. The van der Waals surface area contributed by atoms with Crippen LogP contribution in [0.25, 0.3) is 0 Å². The van der Waals surface area contributed by atoms with Gasteiger partial charge in [0.15, 0.2) is 17.5 Å². The first-order valence-corrected chi connectivity index (χ1v) is 7.69. The van der Waals surface area contributed by atoms with Crippen molar-refractivity contribution in [2.24, 2.45) is 0 Å². The van der Waals surface area contributed by atoms with Crippen LogP contribution in [0.5, 0.6) is 0 Å². The van der Waals surface area contributed by atoms with E-state index in [1.807, 2.05) is 0 Å². The highest BCUT2D eigenvalue weighted by Gasteiger charge is 2.14. The van der Waals surface area contributed by atoms with Crippen molar-refractivity contribution >= 4 is 34.7 Å². The number of hydrogen-bond donors (Lipinski definition) is 2. The summed E-state index contributed by atoms with van der Waals surface area (Å²) in [4.78, 5) is 8.27. The molecule has 0 aliphatic heterocycles. The fourth-order valence-electron chi connectivity index (χ4n) is 2.15. The number of anilines is 4. The number of aromatic nitrogens is 2. The van der Waals surface area contributed by atoms with Crippen LogP contribution in [0, 0.1) is 30.2 Å². The van der Waals surface area contributed by atoms with Crippen molar-refractivity contribution in [1.82, 2.24) is 9.97 Å². The quantitative estimate of drug-likeness (QED) is 0.463. The Morgan fingerprint density at radius 1 is 0.846 bits per heavy atom. The van der Waals surface area contributed by atoms with E-state index in [4.69, 9.17) is 11.6 Å². The molecule has 3 rings (SSSR count). The number of hydrogen-bond acceptors (Lipinski definition) is 4. The van der Waals surface area contributed by atoms with E-state index in [0.29, 0.717) is 11.4 Å². The van der Waals surface area contributed by atoms with Gasteiger partial charge in [0, 0.05) is 17.4 Å². The average Bonchev–Trinajstić information content (AvgIpc) is 2.58. The predicted molar refractivity (Wildman–Crippen MR) is 91.1 cm³/mol. The number of nitrogens with one attached hydrogen (secondary N) is 2. The summed E-state index contributed by atoms with van der Waals surface area (Å²) in [6.07, 6.45) is 0. The number of nitrogens with zero attached hydrogens (tertiary/aromatic N) is 2. The van der Waals surface area contributed by atoms with Gasteiger partial charge in [0.1, 0.15) is 11.6 Å². The Hall–Kier alpha value is -2.87. The van der Waals surface area contributed by atoms with E-state index in [-0.39, 0.29) is 22.5 Å². The van der Waals surface area contributed by atoms with E-state index in [0.717, 1.165) is 12.1 Å². The lowest BCUT2D eigenvalue weighted by Gasteiger charge is -2.11. The van der Waals surface area contributed by atoms with Gasteiger partial charge in [-0.25, -0.2) is 22.5 Å². The Bertz CT molecular complexity index is 981. The van der Waals surface area contributed by atoms with Gasteiger partial charge >= 0.3 is 0 Å². The molecule has 0 amide bonds. The first-order valence-electron chi connectivity index (χ1n) is 7.32. The molecule has 4 nitrogen and oxygen atoms in total. The SMILES string of the molecule is Cc1cc(Nc2ccc(F)c(F)c2F)nc(Nc2ccc(F)c(Cl)c2)n1. The standard InChI is InChI=1S/C17H11ClF4N4/c1-8-6-14(25-13-5-4-12(20)15(21)16(13)22)26-17(23-8)24-9-2-3-11(19)10(18)7-9/h2-7H,1H3,(H2,23,24,25,26). The Kier molecular flexibility index (Phi) is 4.94. The lowest BCUT2D eigenvalue weighted by atomic mass is 10.2. The maximum absolute atomic E-state index is 13.8. The van der Waals surface area contributed by atoms with E-state index in [9.17, 15) is 17.6 Å². The molecule has 1 aromatic heterocycles. The van der Waals surface area contributed by atoms with Crippen molar-refractivity contribution in [3.05, 3.63) is 70.4 Å². The lowest BCUT2D eigenvalue weighted by Crippen LogP contribution is -2.04. The Morgan fingerprint density at radius 2 is 1.58 bits per heavy atom. The van der Waals surface area contributed by atoms with Gasteiger partial charge < -0.3 is 10.6 Å². The average molecular weight is 383 g/mol. The smallest absolute Gasteiger partial charge is 0.229 e. The van der Waals surface area contributed by atoms with E-state index in [1.54, 1.807) is 6.92 Å². The molecule has 0 saturated carbocycles. The van der Waals surface area contributed by atoms with Gasteiger partial charge in [0.2, 0.25) is 5.95 Å². The normalized spacial score (nSPS) is 10.7. The third kappa shape index (κ3) is 3.85. The molecule has 26 heavy (non-hydrogen) atoms. The largest absolute Gasteiger partial charge is 0.338 e. The van der Waals surface area contributed by atoms with E-state index in [2.05, 4.69) is 20.6 Å². The zero-order valence-electron chi connectivity index (χ0n) is 13.2. The van der Waals surface area contributed by atoms with Crippen LogP contribution in [-0.2, 0) is 0 Å². The second-order valence-electron chi connectivity index (χ2n) is 5.32. The molecule has 3 aromatic rings. The molecule has 2 N–H and O–H groups in total. The molecule has 0 unspecified atom stereocenters. The molecule has 0 fully saturated rings. The third-order valence-corrected chi connectivity index (χ3v) is 3.62. The number of halogens is 5. The fourth-order valence-corrected chi connectivity index (χ4v) is 2.33. The fraction of sp³-hybridized carbons (Fsp3) is 0.0588. The van der Waals surface area contributed by atoms with Crippen LogP contribution in [0.15, 0.2) is 36.4 Å². The van der Waals surface area contributed by atoms with Crippen LogP contribution in [0.3, 0.4) is 0 Å². The highest BCUT2D eigenvalue weighted by molar-refractivity contribution is 6.31. The second kappa shape index (κ2) is 7.17. The molecule has 1 heterocycles. The van der Waals surface area contributed by atoms with Gasteiger partial charge in [-0.15, -0.1) is 0 Å². The summed E-state index contributed by atoms with van der Waals surface area (Å²) >= 11 is 5.72. The molecule has 0 saturated heterocycles. The van der Waals surface area contributed by atoms with Crippen molar-refractivity contribution in [2.45, 2.75) is 6.92 Å². The zero-order valence-corrected chi connectivity index (χ0v) is 14.0. The summed E-state index contributed by atoms with van der Waals surface area (Å²) in [6.45, 7) is 1.66. The highest BCUT2D eigenvalue weighted by atomic mass is 35.5. The molecule has 0 atom stereocenters. The molecular formula is C17H11ClF4N4. The van der Waals surface area contributed by atoms with Gasteiger partial charge in [-0.2, -0.15) is 4.98 Å². The zero-order chi connectivity index (χ0) is 18.8. The molecular weight excluding hydrogens is 372 g/mol. The van der Waals surface area contributed by atoms with Crippen LogP contribution in [-0.4, -0.2) is 9.97 Å². The molecule has 2 aromatic carbocycles. The van der Waals surface area contributed by atoms with Crippen LogP contribution in [0.2, 0.25) is 5.02 Å². The second-order valence-corrected chi connectivity index (χ2v) is 5.73. The highest BCUT2D eigenvalue weighted by Crippen LogP contribution is 2.25. The topological polar surface area (TPSA) is 49.8 Å². The first kappa shape index (κ1) is 17.9. The van der Waals surface area contributed by atoms with Gasteiger partial charge in [-0.1, -0.05) is 11.6 Å². The van der Waals surface area contributed by atoms with E-state index >= 15 is 0 Å². The van der Waals surface area contributed by atoms with Crippen molar-refractivity contribution in [3.63, 3.8) is 0 Å². The first-order chi connectivity index (χ1) is 12.3. The summed E-state index contributed by atoms with van der Waals surface area (Å²) < 4.78 is 53.4. The molecule has 134 valence electrons. The van der Waals surface area contributed by atoms with Crippen LogP contribution in [0.1, 0.15) is 5.69 Å². The summed E-state index contributed by atoms with van der Waals surface area (Å²) in [6, 6.07) is 7.31. The minimum Gasteiger partial charge on any atom is -0.338 e. The maximum Gasteiger partial charge on any atom is 0.229 e. The number of benzene rings is 2. The monoisotopic (exact) mass is 382 g/mol. The molecule has 0 bridgehead atoms. The van der Waals surface area contributed by atoms with Crippen molar-refractivity contribution < 1.29 is 17.6 Å². The minimum atomic E-state index is -1.58. The Labute approximate surface area is 150 Å². The van der Waals surface area contributed by atoms with Gasteiger partial charge in [-0.3, -0.25) is 0 Å². The Balaban J connectivity index is 1.88. The van der Waals surface area contributed by atoms with E-state index in [1.165, 1.54) is 24.3 Å². The van der Waals surface area contributed by atoms with Crippen LogP contribution in [0.4, 0.5) is 40.7 Å². The van der Waals surface area contributed by atoms with E-state index < -0.39 is 23.3 Å². The molecule has 0 aliphatic rings.